The maximum Gasteiger partial charge on any atom is 0.0250 e. The molecule has 3 nitrogen and oxygen atoms in total. The summed E-state index contributed by atoms with van der Waals surface area (Å²) in [6, 6.07) is 1.31. The van der Waals surface area contributed by atoms with Crippen molar-refractivity contribution in [2.75, 3.05) is 33.2 Å². The largest absolute Gasteiger partial charge is 0.329 e. The summed E-state index contributed by atoms with van der Waals surface area (Å²) >= 11 is 0. The second kappa shape index (κ2) is 6.17. The van der Waals surface area contributed by atoms with Crippen molar-refractivity contribution >= 4 is 0 Å². The molecule has 3 heteroatoms. The van der Waals surface area contributed by atoms with E-state index >= 15 is 0 Å². The van der Waals surface area contributed by atoms with Gasteiger partial charge in [-0.25, -0.2) is 0 Å². The third-order valence-electron chi connectivity index (χ3n) is 4.74. The fourth-order valence-electron chi connectivity index (χ4n) is 3.76. The quantitative estimate of drug-likeness (QED) is 0.811. The van der Waals surface area contributed by atoms with Crippen LogP contribution in [0, 0.1) is 5.92 Å². The molecule has 1 aliphatic carbocycles. The van der Waals surface area contributed by atoms with Crippen LogP contribution in [0.25, 0.3) is 0 Å². The summed E-state index contributed by atoms with van der Waals surface area (Å²) in [7, 11) is 2.23. The SMILES string of the molecule is CC1CN(C)CCN1C(CN)C1CCCCC1. The minimum absolute atomic E-state index is 0.638. The Bertz CT molecular complexity index is 226. The zero-order valence-corrected chi connectivity index (χ0v) is 11.6. The van der Waals surface area contributed by atoms with Crippen molar-refractivity contribution in [1.82, 2.24) is 9.80 Å². The van der Waals surface area contributed by atoms with E-state index in [-0.39, 0.29) is 0 Å². The highest BCUT2D eigenvalue weighted by atomic mass is 15.3. The first-order valence-electron chi connectivity index (χ1n) is 7.36. The fraction of sp³-hybridized carbons (Fsp3) is 1.00. The van der Waals surface area contributed by atoms with Crippen LogP contribution in [0.2, 0.25) is 0 Å². The van der Waals surface area contributed by atoms with Crippen molar-refractivity contribution < 1.29 is 0 Å². The van der Waals surface area contributed by atoms with Gasteiger partial charge in [0, 0.05) is 38.3 Å². The van der Waals surface area contributed by atoms with Crippen molar-refractivity contribution in [3.8, 4) is 0 Å². The van der Waals surface area contributed by atoms with Gasteiger partial charge in [0.05, 0.1) is 0 Å². The standard InChI is InChI=1S/C14H29N3/c1-12-11-16(2)8-9-17(12)14(10-15)13-6-4-3-5-7-13/h12-14H,3-11,15H2,1-2H3. The van der Waals surface area contributed by atoms with Gasteiger partial charge in [-0.1, -0.05) is 19.3 Å². The predicted octanol–water partition coefficient (Wildman–Crippen LogP) is 1.53. The van der Waals surface area contributed by atoms with Crippen LogP contribution in [-0.2, 0) is 0 Å². The third kappa shape index (κ3) is 3.21. The molecule has 2 unspecified atom stereocenters. The number of likely N-dealkylation sites (N-methyl/N-ethyl adjacent to an activating group) is 1. The fourth-order valence-corrected chi connectivity index (χ4v) is 3.76. The predicted molar refractivity (Wildman–Crippen MR) is 73.1 cm³/mol. The number of rotatable bonds is 3. The summed E-state index contributed by atoms with van der Waals surface area (Å²) in [5.74, 6) is 0.861. The molecule has 0 aromatic rings. The van der Waals surface area contributed by atoms with Crippen LogP contribution in [0.4, 0.5) is 0 Å². The van der Waals surface area contributed by atoms with Gasteiger partial charge < -0.3 is 10.6 Å². The van der Waals surface area contributed by atoms with Crippen LogP contribution in [0.3, 0.4) is 0 Å². The summed E-state index contributed by atoms with van der Waals surface area (Å²) < 4.78 is 0. The molecule has 1 heterocycles. The van der Waals surface area contributed by atoms with E-state index in [1.54, 1.807) is 0 Å². The number of nitrogens with zero attached hydrogens (tertiary/aromatic N) is 2. The molecule has 0 amide bonds. The minimum Gasteiger partial charge on any atom is -0.329 e. The van der Waals surface area contributed by atoms with E-state index < -0.39 is 0 Å². The first-order chi connectivity index (χ1) is 8.22. The van der Waals surface area contributed by atoms with Crippen LogP contribution >= 0.6 is 0 Å². The average Bonchev–Trinajstić information content (AvgIpc) is 2.34. The van der Waals surface area contributed by atoms with Gasteiger partial charge in [-0.2, -0.15) is 0 Å². The monoisotopic (exact) mass is 239 g/mol. The van der Waals surface area contributed by atoms with Gasteiger partial charge in [0.15, 0.2) is 0 Å². The van der Waals surface area contributed by atoms with E-state index in [0.717, 1.165) is 12.5 Å². The van der Waals surface area contributed by atoms with Gasteiger partial charge in [0.25, 0.3) is 0 Å². The maximum atomic E-state index is 6.08. The summed E-state index contributed by atoms with van der Waals surface area (Å²) in [5.41, 5.74) is 6.08. The van der Waals surface area contributed by atoms with E-state index in [9.17, 15) is 0 Å². The van der Waals surface area contributed by atoms with E-state index in [1.807, 2.05) is 0 Å². The Morgan fingerprint density at radius 3 is 2.47 bits per heavy atom. The molecule has 0 aromatic carbocycles. The lowest BCUT2D eigenvalue weighted by Gasteiger charge is -2.46. The number of hydrogen-bond donors (Lipinski definition) is 1. The smallest absolute Gasteiger partial charge is 0.0250 e. The molecule has 100 valence electrons. The molecule has 1 saturated carbocycles. The Balaban J connectivity index is 1.96. The van der Waals surface area contributed by atoms with E-state index in [4.69, 9.17) is 5.73 Å². The molecule has 0 bridgehead atoms. The zero-order valence-electron chi connectivity index (χ0n) is 11.6. The first kappa shape index (κ1) is 13.3. The van der Waals surface area contributed by atoms with E-state index in [1.165, 1.54) is 51.7 Å². The second-order valence-electron chi connectivity index (χ2n) is 6.05. The Labute approximate surface area is 106 Å². The Kier molecular flexibility index (Phi) is 4.83. The van der Waals surface area contributed by atoms with Crippen molar-refractivity contribution in [2.24, 2.45) is 11.7 Å². The van der Waals surface area contributed by atoms with Gasteiger partial charge in [0.1, 0.15) is 0 Å². The van der Waals surface area contributed by atoms with Gasteiger partial charge in [-0.15, -0.1) is 0 Å². The molecule has 2 N–H and O–H groups in total. The molecule has 0 aromatic heterocycles. The van der Waals surface area contributed by atoms with Crippen LogP contribution in [-0.4, -0.2) is 55.1 Å². The first-order valence-corrected chi connectivity index (χ1v) is 7.36. The minimum atomic E-state index is 0.638. The van der Waals surface area contributed by atoms with Crippen molar-refractivity contribution in [1.29, 1.82) is 0 Å². The molecular formula is C14H29N3. The highest BCUT2D eigenvalue weighted by Crippen LogP contribution is 2.30. The van der Waals surface area contributed by atoms with Crippen LogP contribution < -0.4 is 5.73 Å². The molecule has 2 atom stereocenters. The molecule has 0 radical (unpaired) electrons. The Morgan fingerprint density at radius 1 is 1.18 bits per heavy atom. The summed E-state index contributed by atoms with van der Waals surface area (Å²) in [5, 5.41) is 0. The molecule has 2 aliphatic rings. The zero-order chi connectivity index (χ0) is 12.3. The third-order valence-corrected chi connectivity index (χ3v) is 4.74. The lowest BCUT2D eigenvalue weighted by atomic mass is 9.82. The summed E-state index contributed by atoms with van der Waals surface area (Å²) in [6.45, 7) is 6.81. The van der Waals surface area contributed by atoms with Gasteiger partial charge in [0.2, 0.25) is 0 Å². The Morgan fingerprint density at radius 2 is 1.88 bits per heavy atom. The van der Waals surface area contributed by atoms with Crippen LogP contribution in [0.15, 0.2) is 0 Å². The van der Waals surface area contributed by atoms with Crippen molar-refractivity contribution in [2.45, 2.75) is 51.1 Å². The molecule has 1 saturated heterocycles. The van der Waals surface area contributed by atoms with Crippen molar-refractivity contribution in [3.63, 3.8) is 0 Å². The molecular weight excluding hydrogens is 210 g/mol. The molecule has 0 spiro atoms. The van der Waals surface area contributed by atoms with Gasteiger partial charge in [-0.3, -0.25) is 4.90 Å². The number of hydrogen-bond acceptors (Lipinski definition) is 3. The number of piperazine rings is 1. The average molecular weight is 239 g/mol. The molecule has 2 rings (SSSR count). The Hall–Kier alpha value is -0.120. The second-order valence-corrected chi connectivity index (χ2v) is 6.05. The normalized spacial score (nSPS) is 31.6. The molecule has 1 aliphatic heterocycles. The van der Waals surface area contributed by atoms with Gasteiger partial charge >= 0.3 is 0 Å². The van der Waals surface area contributed by atoms with Crippen molar-refractivity contribution in [3.05, 3.63) is 0 Å². The maximum absolute atomic E-state index is 6.08. The number of nitrogens with two attached hydrogens (primary N) is 1. The lowest BCUT2D eigenvalue weighted by Crippen LogP contribution is -2.58. The molecule has 17 heavy (non-hydrogen) atoms. The highest BCUT2D eigenvalue weighted by molar-refractivity contribution is 4.88. The lowest BCUT2D eigenvalue weighted by molar-refractivity contribution is 0.0308. The van der Waals surface area contributed by atoms with E-state index in [2.05, 4.69) is 23.8 Å². The van der Waals surface area contributed by atoms with E-state index in [0.29, 0.717) is 12.1 Å². The van der Waals surface area contributed by atoms with Crippen LogP contribution in [0.1, 0.15) is 39.0 Å². The molecule has 2 fully saturated rings. The highest BCUT2D eigenvalue weighted by Gasteiger charge is 2.32. The van der Waals surface area contributed by atoms with Crippen LogP contribution in [0.5, 0.6) is 0 Å². The summed E-state index contributed by atoms with van der Waals surface area (Å²) in [4.78, 5) is 5.13. The topological polar surface area (TPSA) is 32.5 Å². The summed E-state index contributed by atoms with van der Waals surface area (Å²) in [6.07, 6.45) is 7.08. The van der Waals surface area contributed by atoms with Gasteiger partial charge in [-0.05, 0) is 32.7 Å².